The van der Waals surface area contributed by atoms with E-state index in [1.165, 1.54) is 0 Å². The predicted molar refractivity (Wildman–Crippen MR) is 149 cm³/mol. The molecule has 0 radical (unpaired) electrons. The van der Waals surface area contributed by atoms with Gasteiger partial charge in [0.25, 0.3) is 11.8 Å². The minimum atomic E-state index is -1.15. The van der Waals surface area contributed by atoms with Gasteiger partial charge in [-0.3, -0.25) is 24.0 Å². The highest BCUT2D eigenvalue weighted by Gasteiger charge is 2.37. The molecule has 2 saturated carbocycles. The topological polar surface area (TPSA) is 149 Å². The van der Waals surface area contributed by atoms with Crippen LogP contribution < -0.4 is 21.3 Å². The molecule has 3 fully saturated rings. The van der Waals surface area contributed by atoms with E-state index in [2.05, 4.69) is 26.3 Å². The van der Waals surface area contributed by atoms with Gasteiger partial charge in [0.05, 0.1) is 6.04 Å². The first-order chi connectivity index (χ1) is 19.4. The van der Waals surface area contributed by atoms with Crippen LogP contribution in [0.2, 0.25) is 0 Å². The van der Waals surface area contributed by atoms with Crippen molar-refractivity contribution in [2.24, 2.45) is 11.8 Å². The highest BCUT2D eigenvalue weighted by atomic mass is 16.2. The Morgan fingerprint density at radius 3 is 2.33 bits per heavy atom. The lowest BCUT2D eigenvalue weighted by molar-refractivity contribution is -0.141. The third-order valence-electron chi connectivity index (χ3n) is 8.67. The number of fused-ring (bicyclic) bond motifs is 1. The molecule has 1 aromatic heterocycles. The molecular formula is C30H39N5O5. The molecule has 3 aliphatic rings. The summed E-state index contributed by atoms with van der Waals surface area (Å²) >= 11 is 0. The summed E-state index contributed by atoms with van der Waals surface area (Å²) in [5.41, 5.74) is 1.16. The fraction of sp³-hybridized carbons (Fsp3) is 0.567. The maximum atomic E-state index is 13.6. The minimum Gasteiger partial charge on any atom is -0.356 e. The average Bonchev–Trinajstić information content (AvgIpc) is 3.55. The van der Waals surface area contributed by atoms with E-state index in [4.69, 9.17) is 0 Å². The van der Waals surface area contributed by atoms with Crippen LogP contribution in [0, 0.1) is 11.8 Å². The number of hydrogen-bond donors (Lipinski definition) is 5. The minimum absolute atomic E-state index is 0.0423. The standard InChI is InChI=1S/C30H39N5O5/c36-26(30(40)32-21-10-2-1-3-11-21)23(17-20-13-14-31-27(20)37)34-28(38)24(15-18-7-6-8-18)35-29(39)25-16-19-9-4-5-12-22(19)33-25/h4-5,9,12,16,18,20-21,23-24,33H,1-3,6-8,10-11,13-15,17H2,(H,31,37)(H,32,40)(H,34,38)(H,35,39)/t20-,23?,24-/m0/s1. The van der Waals surface area contributed by atoms with Gasteiger partial charge in [0.1, 0.15) is 11.7 Å². The molecule has 2 aromatic rings. The van der Waals surface area contributed by atoms with Crippen LogP contribution in [-0.4, -0.2) is 59.1 Å². The molecule has 0 spiro atoms. The van der Waals surface area contributed by atoms with Crippen LogP contribution in [0.15, 0.2) is 30.3 Å². The summed E-state index contributed by atoms with van der Waals surface area (Å²) in [4.78, 5) is 68.5. The van der Waals surface area contributed by atoms with Gasteiger partial charge in [-0.25, -0.2) is 0 Å². The monoisotopic (exact) mass is 549 g/mol. The van der Waals surface area contributed by atoms with Gasteiger partial charge < -0.3 is 26.3 Å². The number of nitrogens with one attached hydrogen (secondary N) is 5. The first-order valence-corrected chi connectivity index (χ1v) is 14.7. The van der Waals surface area contributed by atoms with Crippen molar-refractivity contribution in [2.45, 2.75) is 88.8 Å². The molecule has 4 amide bonds. The largest absolute Gasteiger partial charge is 0.356 e. The van der Waals surface area contributed by atoms with E-state index < -0.39 is 41.5 Å². The number of amides is 4. The highest BCUT2D eigenvalue weighted by Crippen LogP contribution is 2.31. The third-order valence-corrected chi connectivity index (χ3v) is 8.67. The van der Waals surface area contributed by atoms with Crippen LogP contribution in [-0.2, 0) is 19.2 Å². The Labute approximate surface area is 233 Å². The Hall–Kier alpha value is -3.69. The summed E-state index contributed by atoms with van der Waals surface area (Å²) in [7, 11) is 0. The molecule has 1 aromatic carbocycles. The SMILES string of the molecule is O=C(NC1CCCCC1)C(=O)C(C[C@@H]1CCNC1=O)NC(=O)[C@H](CC1CCC1)NC(=O)c1cc2ccccc2[nH]1. The van der Waals surface area contributed by atoms with Gasteiger partial charge in [0.15, 0.2) is 0 Å². The number of rotatable bonds is 11. The lowest BCUT2D eigenvalue weighted by Gasteiger charge is -2.30. The average molecular weight is 550 g/mol. The second kappa shape index (κ2) is 12.7. The van der Waals surface area contributed by atoms with Gasteiger partial charge in [-0.2, -0.15) is 0 Å². The van der Waals surface area contributed by atoms with Gasteiger partial charge in [-0.1, -0.05) is 56.7 Å². The molecule has 10 nitrogen and oxygen atoms in total. The van der Waals surface area contributed by atoms with Crippen molar-refractivity contribution in [2.75, 3.05) is 6.54 Å². The van der Waals surface area contributed by atoms with Gasteiger partial charge >= 0.3 is 0 Å². The molecule has 3 atom stereocenters. The Kier molecular flexibility index (Phi) is 8.81. The first-order valence-electron chi connectivity index (χ1n) is 14.7. The number of ketones is 1. The zero-order valence-corrected chi connectivity index (χ0v) is 22.8. The number of aromatic nitrogens is 1. The van der Waals surface area contributed by atoms with Gasteiger partial charge in [-0.15, -0.1) is 0 Å². The van der Waals surface area contributed by atoms with Crippen LogP contribution in [0.25, 0.3) is 10.9 Å². The number of H-pyrrole nitrogens is 1. The zero-order chi connectivity index (χ0) is 28.1. The fourth-order valence-electron chi connectivity index (χ4n) is 6.04. The molecule has 214 valence electrons. The Balaban J connectivity index is 1.30. The lowest BCUT2D eigenvalue weighted by atomic mass is 9.80. The number of carbonyl (C=O) groups is 5. The summed E-state index contributed by atoms with van der Waals surface area (Å²) in [6, 6.07) is 7.18. The molecule has 2 aliphatic carbocycles. The van der Waals surface area contributed by atoms with Crippen molar-refractivity contribution in [3.63, 3.8) is 0 Å². The van der Waals surface area contributed by atoms with E-state index in [0.29, 0.717) is 31.0 Å². The third kappa shape index (κ3) is 6.71. The number of Topliss-reactive ketones (excluding diaryl/α,β-unsaturated/α-hetero) is 1. The van der Waals surface area contributed by atoms with E-state index in [9.17, 15) is 24.0 Å². The Morgan fingerprint density at radius 1 is 0.875 bits per heavy atom. The maximum absolute atomic E-state index is 13.6. The number of para-hydroxylation sites is 1. The molecule has 10 heteroatoms. The van der Waals surface area contributed by atoms with Gasteiger partial charge in [-0.05, 0) is 50.2 Å². The summed E-state index contributed by atoms with van der Waals surface area (Å²) in [6.45, 7) is 0.498. The molecule has 5 rings (SSSR count). The molecule has 5 N–H and O–H groups in total. The van der Waals surface area contributed by atoms with Crippen LogP contribution in [0.3, 0.4) is 0 Å². The van der Waals surface area contributed by atoms with Crippen molar-refractivity contribution in [3.05, 3.63) is 36.0 Å². The summed E-state index contributed by atoms with van der Waals surface area (Å²) in [6.07, 6.45) is 8.80. The second-order valence-corrected chi connectivity index (χ2v) is 11.6. The quantitative estimate of drug-likeness (QED) is 0.273. The number of aromatic amines is 1. The number of carbonyl (C=O) groups excluding carboxylic acids is 5. The normalized spacial score (nSPS) is 21.2. The van der Waals surface area contributed by atoms with E-state index in [0.717, 1.165) is 62.3 Å². The molecule has 1 saturated heterocycles. The summed E-state index contributed by atoms with van der Waals surface area (Å²) < 4.78 is 0. The second-order valence-electron chi connectivity index (χ2n) is 11.6. The Bertz CT molecular complexity index is 1230. The zero-order valence-electron chi connectivity index (χ0n) is 22.8. The number of hydrogen-bond acceptors (Lipinski definition) is 5. The van der Waals surface area contributed by atoms with E-state index in [-0.39, 0.29) is 18.4 Å². The van der Waals surface area contributed by atoms with Crippen molar-refractivity contribution < 1.29 is 24.0 Å². The van der Waals surface area contributed by atoms with Crippen molar-refractivity contribution >= 4 is 40.3 Å². The predicted octanol–water partition coefficient (Wildman–Crippen LogP) is 2.49. The van der Waals surface area contributed by atoms with Crippen molar-refractivity contribution in [1.82, 2.24) is 26.3 Å². The highest BCUT2D eigenvalue weighted by molar-refractivity contribution is 6.38. The maximum Gasteiger partial charge on any atom is 0.289 e. The smallest absolute Gasteiger partial charge is 0.289 e. The fourth-order valence-corrected chi connectivity index (χ4v) is 6.04. The van der Waals surface area contributed by atoms with Crippen LogP contribution in [0.4, 0.5) is 0 Å². The summed E-state index contributed by atoms with van der Waals surface area (Å²) in [5, 5.41) is 12.1. The van der Waals surface area contributed by atoms with Crippen LogP contribution in [0.5, 0.6) is 0 Å². The molecule has 0 bridgehead atoms. The van der Waals surface area contributed by atoms with Crippen LogP contribution in [0.1, 0.15) is 81.1 Å². The summed E-state index contributed by atoms with van der Waals surface area (Å²) in [5.74, 6) is -2.76. The molecule has 1 unspecified atom stereocenters. The lowest BCUT2D eigenvalue weighted by Crippen LogP contribution is -2.55. The van der Waals surface area contributed by atoms with E-state index >= 15 is 0 Å². The van der Waals surface area contributed by atoms with E-state index in [1.807, 2.05) is 24.3 Å². The van der Waals surface area contributed by atoms with Gasteiger partial charge in [0.2, 0.25) is 17.6 Å². The molecule has 2 heterocycles. The first kappa shape index (κ1) is 27.9. The molecular weight excluding hydrogens is 510 g/mol. The molecule has 40 heavy (non-hydrogen) atoms. The number of benzene rings is 1. The van der Waals surface area contributed by atoms with Crippen molar-refractivity contribution in [3.8, 4) is 0 Å². The van der Waals surface area contributed by atoms with Crippen LogP contribution >= 0.6 is 0 Å². The Morgan fingerprint density at radius 2 is 1.65 bits per heavy atom. The van der Waals surface area contributed by atoms with Gasteiger partial charge in [0, 0.05) is 29.4 Å². The molecule has 1 aliphatic heterocycles. The van der Waals surface area contributed by atoms with E-state index in [1.54, 1.807) is 6.07 Å². The van der Waals surface area contributed by atoms with Crippen molar-refractivity contribution in [1.29, 1.82) is 0 Å².